The maximum Gasteiger partial charge on any atom is 0.254 e. The first kappa shape index (κ1) is 28.3. The molecular formula is C31H48N6O. The number of aryl methyl sites for hydroxylation is 1. The van der Waals surface area contributed by atoms with Gasteiger partial charge in [-0.1, -0.05) is 38.3 Å². The summed E-state index contributed by atoms with van der Waals surface area (Å²) in [5.74, 6) is 1.19. The third kappa shape index (κ3) is 5.83. The van der Waals surface area contributed by atoms with Crippen molar-refractivity contribution >= 4 is 17.4 Å². The molecular weight excluding hydrogens is 472 g/mol. The largest absolute Gasteiger partial charge is 0.355 e. The quantitative estimate of drug-likeness (QED) is 0.514. The van der Waals surface area contributed by atoms with Crippen molar-refractivity contribution in [1.29, 1.82) is 0 Å². The van der Waals surface area contributed by atoms with Crippen LogP contribution in [-0.4, -0.2) is 51.1 Å². The van der Waals surface area contributed by atoms with E-state index in [1.165, 1.54) is 23.1 Å². The van der Waals surface area contributed by atoms with Gasteiger partial charge in [0.05, 0.1) is 11.7 Å². The van der Waals surface area contributed by atoms with Crippen molar-refractivity contribution in [1.82, 2.24) is 19.5 Å². The predicted octanol–water partition coefficient (Wildman–Crippen LogP) is 6.27. The first-order valence-corrected chi connectivity index (χ1v) is 14.9. The van der Waals surface area contributed by atoms with Crippen LogP contribution in [0.5, 0.6) is 0 Å². The summed E-state index contributed by atoms with van der Waals surface area (Å²) in [6, 6.07) is 2.29. The van der Waals surface area contributed by atoms with Crippen LogP contribution >= 0.6 is 0 Å². The number of nitrogens with two attached hydrogens (primary N) is 1. The normalized spacial score (nSPS) is 22.6. The van der Waals surface area contributed by atoms with Gasteiger partial charge in [0.1, 0.15) is 5.82 Å². The second-order valence-corrected chi connectivity index (χ2v) is 11.4. The van der Waals surface area contributed by atoms with Gasteiger partial charge in [-0.05, 0) is 77.7 Å². The summed E-state index contributed by atoms with van der Waals surface area (Å²) in [7, 11) is 0. The number of carbonyl (C=O) groups is 1. The third-order valence-electron chi connectivity index (χ3n) is 8.29. The number of amides is 1. The van der Waals surface area contributed by atoms with E-state index in [0.29, 0.717) is 0 Å². The van der Waals surface area contributed by atoms with E-state index >= 15 is 0 Å². The van der Waals surface area contributed by atoms with Crippen LogP contribution in [0.4, 0.5) is 5.82 Å². The molecule has 0 aromatic carbocycles. The van der Waals surface area contributed by atoms with Crippen LogP contribution in [-0.2, 0) is 4.79 Å². The molecule has 2 aliphatic heterocycles. The Morgan fingerprint density at radius 3 is 2.50 bits per heavy atom. The molecule has 38 heavy (non-hydrogen) atoms. The first-order chi connectivity index (χ1) is 18.3. The standard InChI is InChI=1S/C28H40N6O.C3H8/c1-5-21-10-8-9-18(2)20(4)26(21)28(35)33-13-7-6-11-24(33)23-15-25-30-27(19(3)16-34(25)31-23)32-14-12-22(29)17-32;1-3-2/h15-16,22,24H,5-14,17,29H2,1-4H3;3H2,1-2H3. The zero-order chi connectivity index (χ0) is 27.4. The lowest BCUT2D eigenvalue weighted by molar-refractivity contribution is -0.130. The smallest absolute Gasteiger partial charge is 0.254 e. The average molecular weight is 521 g/mol. The number of carbonyl (C=O) groups excluding carboxylic acids is 1. The highest BCUT2D eigenvalue weighted by atomic mass is 16.2. The molecule has 2 N–H and O–H groups in total. The van der Waals surface area contributed by atoms with Gasteiger partial charge in [0.2, 0.25) is 0 Å². The van der Waals surface area contributed by atoms with Gasteiger partial charge in [-0.2, -0.15) is 5.10 Å². The molecule has 2 atom stereocenters. The van der Waals surface area contributed by atoms with Crippen molar-refractivity contribution in [2.75, 3.05) is 24.5 Å². The fourth-order valence-electron chi connectivity index (χ4n) is 6.13. The zero-order valence-electron chi connectivity index (χ0n) is 24.5. The second-order valence-electron chi connectivity index (χ2n) is 11.4. The topological polar surface area (TPSA) is 79.8 Å². The fraction of sp³-hybridized carbons (Fsp3) is 0.645. The molecule has 0 radical (unpaired) electrons. The first-order valence-electron chi connectivity index (χ1n) is 14.9. The number of hydrogen-bond acceptors (Lipinski definition) is 5. The van der Waals surface area contributed by atoms with Crippen molar-refractivity contribution in [3.63, 3.8) is 0 Å². The Morgan fingerprint density at radius 1 is 1.05 bits per heavy atom. The lowest BCUT2D eigenvalue weighted by Crippen LogP contribution is -2.40. The summed E-state index contributed by atoms with van der Waals surface area (Å²) in [6.07, 6.45) is 11.6. The van der Waals surface area contributed by atoms with Gasteiger partial charge in [-0.25, -0.2) is 9.50 Å². The number of aromatic nitrogens is 3. The highest BCUT2D eigenvalue weighted by Crippen LogP contribution is 2.37. The molecule has 0 saturated carbocycles. The monoisotopic (exact) mass is 520 g/mol. The van der Waals surface area contributed by atoms with Crippen LogP contribution in [0.25, 0.3) is 5.65 Å². The summed E-state index contributed by atoms with van der Waals surface area (Å²) in [5.41, 5.74) is 13.9. The van der Waals surface area contributed by atoms with Gasteiger partial charge in [0.25, 0.3) is 5.91 Å². The van der Waals surface area contributed by atoms with Crippen molar-refractivity contribution in [3.8, 4) is 0 Å². The van der Waals surface area contributed by atoms with Crippen LogP contribution in [0, 0.1) is 6.92 Å². The van der Waals surface area contributed by atoms with E-state index in [2.05, 4.69) is 63.6 Å². The van der Waals surface area contributed by atoms with Gasteiger partial charge in [-0.15, -0.1) is 0 Å². The molecule has 7 heteroatoms. The van der Waals surface area contributed by atoms with Crippen LogP contribution in [0.2, 0.25) is 0 Å². The molecule has 0 spiro atoms. The van der Waals surface area contributed by atoms with Gasteiger partial charge in [-0.3, -0.25) is 4.79 Å². The molecule has 2 aromatic heterocycles. The van der Waals surface area contributed by atoms with E-state index in [1.54, 1.807) is 0 Å². The molecule has 5 rings (SSSR count). The van der Waals surface area contributed by atoms with E-state index in [4.69, 9.17) is 15.8 Å². The molecule has 208 valence electrons. The number of fused-ring (bicyclic) bond motifs is 1. The van der Waals surface area contributed by atoms with Crippen LogP contribution in [0.15, 0.2) is 34.6 Å². The van der Waals surface area contributed by atoms with Crippen molar-refractivity contribution < 1.29 is 4.79 Å². The van der Waals surface area contributed by atoms with Crippen molar-refractivity contribution in [2.45, 2.75) is 111 Å². The molecule has 3 aliphatic rings. The van der Waals surface area contributed by atoms with Crippen LogP contribution < -0.4 is 10.6 Å². The maximum atomic E-state index is 14.1. The molecule has 4 heterocycles. The number of nitrogens with zero attached hydrogens (tertiary/aromatic N) is 5. The van der Waals surface area contributed by atoms with Crippen molar-refractivity contribution in [3.05, 3.63) is 45.8 Å². The number of hydrogen-bond donors (Lipinski definition) is 1. The van der Waals surface area contributed by atoms with Gasteiger partial charge < -0.3 is 15.5 Å². The van der Waals surface area contributed by atoms with E-state index < -0.39 is 0 Å². The minimum Gasteiger partial charge on any atom is -0.355 e. The predicted molar refractivity (Wildman–Crippen MR) is 156 cm³/mol. The van der Waals surface area contributed by atoms with E-state index in [1.807, 2.05) is 4.52 Å². The van der Waals surface area contributed by atoms with Gasteiger partial charge in [0.15, 0.2) is 5.65 Å². The summed E-state index contributed by atoms with van der Waals surface area (Å²) < 4.78 is 1.89. The summed E-state index contributed by atoms with van der Waals surface area (Å²) >= 11 is 0. The van der Waals surface area contributed by atoms with Crippen molar-refractivity contribution in [2.24, 2.45) is 5.73 Å². The Morgan fingerprint density at radius 2 is 1.82 bits per heavy atom. The Kier molecular flexibility index (Phi) is 9.29. The molecule has 2 unspecified atom stereocenters. The number of likely N-dealkylation sites (tertiary alicyclic amines) is 1. The summed E-state index contributed by atoms with van der Waals surface area (Å²) in [5, 5.41) is 4.94. The molecule has 1 amide bonds. The zero-order valence-corrected chi connectivity index (χ0v) is 24.5. The minimum atomic E-state index is -0.0103. The fourth-order valence-corrected chi connectivity index (χ4v) is 6.13. The van der Waals surface area contributed by atoms with E-state index in [-0.39, 0.29) is 18.0 Å². The molecule has 7 nitrogen and oxygen atoms in total. The third-order valence-corrected chi connectivity index (χ3v) is 8.29. The summed E-state index contributed by atoms with van der Waals surface area (Å²) in [4.78, 5) is 23.5. The lowest BCUT2D eigenvalue weighted by atomic mass is 9.92. The van der Waals surface area contributed by atoms with E-state index in [9.17, 15) is 4.79 Å². The minimum absolute atomic E-state index is 0.0103. The maximum absolute atomic E-state index is 14.1. The number of allylic oxidation sites excluding steroid dienone is 2. The Bertz CT molecular complexity index is 1210. The number of piperidine rings is 1. The molecule has 2 aromatic rings. The van der Waals surface area contributed by atoms with Crippen LogP contribution in [0.1, 0.15) is 110 Å². The molecule has 2 saturated heterocycles. The summed E-state index contributed by atoms with van der Waals surface area (Å²) in [6.45, 7) is 15.4. The SMILES string of the molecule is CCC.CCC1=C(C(=O)N2CCCCC2c2cc3nc(N4CCC(N)C4)c(C)cn3n2)C(C)=C(C)CCC1. The Labute approximate surface area is 229 Å². The average Bonchev–Trinajstić information content (AvgIpc) is 3.49. The molecule has 2 fully saturated rings. The number of rotatable bonds is 4. The lowest BCUT2D eigenvalue weighted by Gasteiger charge is -2.36. The Hall–Kier alpha value is -2.67. The molecule has 1 aliphatic carbocycles. The van der Waals surface area contributed by atoms with Crippen LogP contribution in [0.3, 0.4) is 0 Å². The van der Waals surface area contributed by atoms with E-state index in [0.717, 1.165) is 99.3 Å². The highest BCUT2D eigenvalue weighted by molar-refractivity contribution is 5.99. The molecule has 0 bridgehead atoms. The highest BCUT2D eigenvalue weighted by Gasteiger charge is 2.34. The van der Waals surface area contributed by atoms with Gasteiger partial charge >= 0.3 is 0 Å². The Balaban J connectivity index is 0.00000107. The second kappa shape index (κ2) is 12.5. The number of anilines is 1. The van der Waals surface area contributed by atoms with Gasteiger partial charge in [0, 0.05) is 49.1 Å².